The number of hydrogen-bond acceptors (Lipinski definition) is 3. The van der Waals surface area contributed by atoms with Gasteiger partial charge in [-0.05, 0) is 38.0 Å². The first-order valence-electron chi connectivity index (χ1n) is 5.83. The third-order valence-electron chi connectivity index (χ3n) is 3.93. The van der Waals surface area contributed by atoms with Crippen LogP contribution in [-0.2, 0) is 10.0 Å². The predicted molar refractivity (Wildman–Crippen MR) is 57.8 cm³/mol. The van der Waals surface area contributed by atoms with E-state index in [0.29, 0.717) is 5.92 Å². The van der Waals surface area contributed by atoms with Crippen molar-refractivity contribution in [2.75, 3.05) is 6.54 Å². The second kappa shape index (κ2) is 3.18. The van der Waals surface area contributed by atoms with E-state index in [1.54, 1.807) is 4.31 Å². The highest BCUT2D eigenvalue weighted by Crippen LogP contribution is 2.41. The van der Waals surface area contributed by atoms with Crippen molar-refractivity contribution in [1.29, 1.82) is 0 Å². The summed E-state index contributed by atoms with van der Waals surface area (Å²) in [6, 6.07) is 0.428. The average Bonchev–Trinajstić information content (AvgIpc) is 2.92. The molecule has 2 bridgehead atoms. The van der Waals surface area contributed by atoms with Gasteiger partial charge >= 0.3 is 0 Å². The van der Waals surface area contributed by atoms with Gasteiger partial charge < -0.3 is 5.73 Å². The molecule has 0 radical (unpaired) electrons. The van der Waals surface area contributed by atoms with E-state index in [1.807, 2.05) is 0 Å². The summed E-state index contributed by atoms with van der Waals surface area (Å²) in [6.45, 7) is 0.733. The Kier molecular flexibility index (Phi) is 2.13. The summed E-state index contributed by atoms with van der Waals surface area (Å²) in [5, 5.41) is -0.0620. The fourth-order valence-corrected chi connectivity index (χ4v) is 5.23. The number of sulfonamides is 1. The molecule has 0 aromatic rings. The predicted octanol–water partition coefficient (Wildman–Crippen LogP) is 0.290. The van der Waals surface area contributed by atoms with Crippen LogP contribution in [0.3, 0.4) is 0 Å². The Bertz CT molecular complexity index is 364. The van der Waals surface area contributed by atoms with Crippen molar-refractivity contribution in [2.24, 2.45) is 11.7 Å². The topological polar surface area (TPSA) is 63.4 Å². The van der Waals surface area contributed by atoms with Crippen LogP contribution >= 0.6 is 0 Å². The summed E-state index contributed by atoms with van der Waals surface area (Å²) in [5.74, 6) is 0.521. The van der Waals surface area contributed by atoms with Gasteiger partial charge in [0.2, 0.25) is 10.0 Å². The summed E-state index contributed by atoms with van der Waals surface area (Å²) in [6.07, 6.45) is 4.64. The lowest BCUT2D eigenvalue weighted by Crippen LogP contribution is -2.40. The quantitative estimate of drug-likeness (QED) is 0.741. The second-order valence-electron chi connectivity index (χ2n) is 5.30. The van der Waals surface area contributed by atoms with Gasteiger partial charge in [-0.3, -0.25) is 0 Å². The normalized spacial score (nSPS) is 42.1. The zero-order valence-corrected chi connectivity index (χ0v) is 9.62. The fraction of sp³-hybridized carbons (Fsp3) is 1.00. The van der Waals surface area contributed by atoms with Crippen molar-refractivity contribution in [3.63, 3.8) is 0 Å². The van der Waals surface area contributed by atoms with Crippen LogP contribution in [0.15, 0.2) is 0 Å². The molecule has 3 unspecified atom stereocenters. The number of rotatable bonds is 2. The molecule has 1 saturated heterocycles. The van der Waals surface area contributed by atoms with E-state index in [0.717, 1.165) is 38.6 Å². The lowest BCUT2D eigenvalue weighted by Gasteiger charge is -2.27. The van der Waals surface area contributed by atoms with Crippen molar-refractivity contribution in [3.05, 3.63) is 0 Å². The molecule has 0 aromatic heterocycles. The lowest BCUT2D eigenvalue weighted by atomic mass is 9.87. The molecule has 3 rings (SSSR count). The van der Waals surface area contributed by atoms with Crippen molar-refractivity contribution >= 4 is 10.0 Å². The molecule has 15 heavy (non-hydrogen) atoms. The van der Waals surface area contributed by atoms with Gasteiger partial charge in [0.15, 0.2) is 0 Å². The van der Waals surface area contributed by atoms with E-state index < -0.39 is 10.0 Å². The Labute approximate surface area is 90.9 Å². The van der Waals surface area contributed by atoms with Crippen LogP contribution in [0.2, 0.25) is 0 Å². The fourth-order valence-electron chi connectivity index (χ4n) is 3.11. The maximum atomic E-state index is 12.1. The van der Waals surface area contributed by atoms with Crippen molar-refractivity contribution in [1.82, 2.24) is 4.31 Å². The van der Waals surface area contributed by atoms with E-state index >= 15 is 0 Å². The Balaban J connectivity index is 1.83. The SMILES string of the molecule is NC1CC2CC(C1)N(S(=O)(=O)C1CC1)C2. The van der Waals surface area contributed by atoms with E-state index in [4.69, 9.17) is 5.73 Å². The highest BCUT2D eigenvalue weighted by Gasteiger charge is 2.48. The first-order chi connectivity index (χ1) is 7.07. The molecule has 5 heteroatoms. The van der Waals surface area contributed by atoms with Crippen LogP contribution in [-0.4, -0.2) is 36.6 Å². The maximum absolute atomic E-state index is 12.1. The molecule has 0 aromatic carbocycles. The zero-order chi connectivity index (χ0) is 10.6. The first-order valence-corrected chi connectivity index (χ1v) is 7.34. The highest BCUT2D eigenvalue weighted by atomic mass is 32.2. The maximum Gasteiger partial charge on any atom is 0.217 e. The van der Waals surface area contributed by atoms with Crippen molar-refractivity contribution in [3.8, 4) is 0 Å². The lowest BCUT2D eigenvalue weighted by molar-refractivity contribution is 0.328. The summed E-state index contributed by atoms with van der Waals surface area (Å²) in [7, 11) is -2.97. The molecule has 1 aliphatic heterocycles. The minimum Gasteiger partial charge on any atom is -0.328 e. The summed E-state index contributed by atoms with van der Waals surface area (Å²) in [5.41, 5.74) is 5.93. The minimum absolute atomic E-state index is 0.0620. The number of nitrogens with two attached hydrogens (primary N) is 1. The molecule has 2 N–H and O–H groups in total. The Morgan fingerprint density at radius 2 is 1.87 bits per heavy atom. The average molecular weight is 230 g/mol. The Morgan fingerprint density at radius 3 is 2.53 bits per heavy atom. The van der Waals surface area contributed by atoms with Crippen molar-refractivity contribution < 1.29 is 8.42 Å². The third-order valence-corrected chi connectivity index (χ3v) is 6.35. The molecular weight excluding hydrogens is 212 g/mol. The van der Waals surface area contributed by atoms with Crippen LogP contribution in [0.4, 0.5) is 0 Å². The van der Waals surface area contributed by atoms with Gasteiger partial charge in [-0.25, -0.2) is 8.42 Å². The van der Waals surface area contributed by atoms with Crippen LogP contribution in [0.1, 0.15) is 32.1 Å². The first kappa shape index (κ1) is 10.1. The van der Waals surface area contributed by atoms with Gasteiger partial charge in [0.25, 0.3) is 0 Å². The monoisotopic (exact) mass is 230 g/mol. The number of hydrogen-bond donors (Lipinski definition) is 1. The summed E-state index contributed by atoms with van der Waals surface area (Å²) >= 11 is 0. The molecule has 2 saturated carbocycles. The molecule has 3 aliphatic rings. The van der Waals surface area contributed by atoms with Gasteiger partial charge in [0, 0.05) is 18.6 Å². The van der Waals surface area contributed by atoms with E-state index in [2.05, 4.69) is 0 Å². The van der Waals surface area contributed by atoms with Crippen LogP contribution in [0.5, 0.6) is 0 Å². The molecule has 0 spiro atoms. The van der Waals surface area contributed by atoms with Gasteiger partial charge in [-0.2, -0.15) is 4.31 Å². The van der Waals surface area contributed by atoms with E-state index in [9.17, 15) is 8.42 Å². The standard InChI is InChI=1S/C10H18N2O2S/c11-8-3-7-4-9(5-8)12(6-7)15(13,14)10-1-2-10/h7-10H,1-6,11H2. The number of fused-ring (bicyclic) bond motifs is 2. The summed E-state index contributed by atoms with van der Waals surface area (Å²) < 4.78 is 26.0. The molecule has 4 nitrogen and oxygen atoms in total. The Hall–Kier alpha value is -0.130. The largest absolute Gasteiger partial charge is 0.328 e. The number of nitrogens with zero attached hydrogens (tertiary/aromatic N) is 1. The molecule has 86 valence electrons. The van der Waals surface area contributed by atoms with Crippen LogP contribution in [0.25, 0.3) is 0 Å². The molecule has 3 fully saturated rings. The van der Waals surface area contributed by atoms with Gasteiger partial charge in [-0.15, -0.1) is 0 Å². The smallest absolute Gasteiger partial charge is 0.217 e. The van der Waals surface area contributed by atoms with Crippen molar-refractivity contribution in [2.45, 2.75) is 49.4 Å². The van der Waals surface area contributed by atoms with E-state index in [1.165, 1.54) is 0 Å². The molecular formula is C10H18N2O2S. The van der Waals surface area contributed by atoms with E-state index in [-0.39, 0.29) is 17.3 Å². The molecule has 2 aliphatic carbocycles. The second-order valence-corrected chi connectivity index (χ2v) is 7.47. The minimum atomic E-state index is -2.97. The van der Waals surface area contributed by atoms with Gasteiger partial charge in [-0.1, -0.05) is 0 Å². The molecule has 3 atom stereocenters. The van der Waals surface area contributed by atoms with Gasteiger partial charge in [0.1, 0.15) is 0 Å². The third kappa shape index (κ3) is 1.61. The van der Waals surface area contributed by atoms with Crippen LogP contribution < -0.4 is 5.73 Å². The molecule has 1 heterocycles. The Morgan fingerprint density at radius 1 is 1.13 bits per heavy atom. The summed E-state index contributed by atoms with van der Waals surface area (Å²) in [4.78, 5) is 0. The molecule has 0 amide bonds. The highest BCUT2D eigenvalue weighted by molar-refractivity contribution is 7.90. The zero-order valence-electron chi connectivity index (χ0n) is 8.80. The van der Waals surface area contributed by atoms with Crippen LogP contribution in [0, 0.1) is 5.92 Å². The van der Waals surface area contributed by atoms with Gasteiger partial charge in [0.05, 0.1) is 5.25 Å².